The first-order chi connectivity index (χ1) is 19.3. The van der Waals surface area contributed by atoms with Crippen molar-refractivity contribution in [2.75, 3.05) is 22.9 Å². The number of hydrogen-bond donors (Lipinski definition) is 1. The van der Waals surface area contributed by atoms with Crippen LogP contribution in [-0.2, 0) is 0 Å². The van der Waals surface area contributed by atoms with Crippen molar-refractivity contribution in [1.29, 1.82) is 0 Å². The zero-order chi connectivity index (χ0) is 28.0. The molecule has 0 unspecified atom stereocenters. The topological polar surface area (TPSA) is 49.2 Å². The van der Waals surface area contributed by atoms with Crippen LogP contribution >= 0.6 is 23.8 Å². The maximum absolute atomic E-state index is 6.97. The first kappa shape index (κ1) is 26.8. The molecule has 0 aliphatic carbocycles. The Labute approximate surface area is 247 Å². The summed E-state index contributed by atoms with van der Waals surface area (Å²) in [6.07, 6.45) is 6.07. The summed E-state index contributed by atoms with van der Waals surface area (Å²) >= 11 is 13.0. The summed E-state index contributed by atoms with van der Waals surface area (Å²) in [6.45, 7) is 10.8. The SMILES string of the molecule is Cc1cccnc1-n1c(C)cc([C@H]2[C@H](c3ccccn3)NC(=S)N2c2ccc(N3CCC(C)CC3)c(Cl)c2)c1C. The molecule has 8 heteroatoms. The second-order valence-electron chi connectivity index (χ2n) is 11.1. The Bertz CT molecular complexity index is 1540. The van der Waals surface area contributed by atoms with Crippen molar-refractivity contribution in [3.63, 3.8) is 0 Å². The molecule has 6 rings (SSSR count). The van der Waals surface area contributed by atoms with Crippen molar-refractivity contribution in [2.45, 2.75) is 52.6 Å². The van der Waals surface area contributed by atoms with Gasteiger partial charge in [-0.3, -0.25) is 4.98 Å². The zero-order valence-electron chi connectivity index (χ0n) is 23.4. The highest BCUT2D eigenvalue weighted by atomic mass is 35.5. The van der Waals surface area contributed by atoms with Crippen LogP contribution in [0.4, 0.5) is 11.4 Å². The van der Waals surface area contributed by atoms with E-state index in [0.29, 0.717) is 5.11 Å². The third-order valence-corrected chi connectivity index (χ3v) is 9.03. The number of aryl methyl sites for hydroxylation is 2. The van der Waals surface area contributed by atoms with E-state index in [1.165, 1.54) is 18.4 Å². The third kappa shape index (κ3) is 4.75. The minimum Gasteiger partial charge on any atom is -0.370 e. The minimum atomic E-state index is -0.130. The van der Waals surface area contributed by atoms with Gasteiger partial charge in [-0.15, -0.1) is 0 Å². The van der Waals surface area contributed by atoms with Crippen molar-refractivity contribution in [2.24, 2.45) is 5.92 Å². The van der Waals surface area contributed by atoms with Crippen LogP contribution in [0.1, 0.15) is 60.1 Å². The Kier molecular flexibility index (Phi) is 7.27. The maximum Gasteiger partial charge on any atom is 0.174 e. The summed E-state index contributed by atoms with van der Waals surface area (Å²) in [6, 6.07) is 18.5. The number of thiocarbonyl (C=S) groups is 1. The molecule has 2 saturated heterocycles. The monoisotopic (exact) mass is 570 g/mol. The number of halogens is 1. The molecule has 5 heterocycles. The number of benzene rings is 1. The number of rotatable bonds is 5. The number of hydrogen-bond acceptors (Lipinski definition) is 4. The molecular formula is C32H35ClN6S. The van der Waals surface area contributed by atoms with Gasteiger partial charge in [0.2, 0.25) is 0 Å². The first-order valence-corrected chi connectivity index (χ1v) is 14.8. The van der Waals surface area contributed by atoms with Crippen LogP contribution in [0.25, 0.3) is 5.82 Å². The predicted molar refractivity (Wildman–Crippen MR) is 168 cm³/mol. The van der Waals surface area contributed by atoms with E-state index in [9.17, 15) is 0 Å². The van der Waals surface area contributed by atoms with E-state index in [4.69, 9.17) is 33.8 Å². The summed E-state index contributed by atoms with van der Waals surface area (Å²) in [7, 11) is 0. The molecule has 2 aliphatic rings. The van der Waals surface area contributed by atoms with Crippen LogP contribution in [0.5, 0.6) is 0 Å². The molecule has 2 atom stereocenters. The van der Waals surface area contributed by atoms with Gasteiger partial charge in [-0.2, -0.15) is 0 Å². The summed E-state index contributed by atoms with van der Waals surface area (Å²) < 4.78 is 2.24. The highest BCUT2D eigenvalue weighted by Crippen LogP contribution is 2.45. The first-order valence-electron chi connectivity index (χ1n) is 14.0. The molecule has 1 aromatic carbocycles. The van der Waals surface area contributed by atoms with Crippen LogP contribution in [0.15, 0.2) is 67.0 Å². The van der Waals surface area contributed by atoms with E-state index >= 15 is 0 Å². The van der Waals surface area contributed by atoms with Crippen LogP contribution in [0.3, 0.4) is 0 Å². The number of pyridine rings is 2. The van der Waals surface area contributed by atoms with E-state index in [1.54, 1.807) is 0 Å². The van der Waals surface area contributed by atoms with Crippen molar-refractivity contribution in [3.8, 4) is 5.82 Å². The molecule has 1 N–H and O–H groups in total. The molecule has 0 amide bonds. The van der Waals surface area contributed by atoms with Crippen molar-refractivity contribution in [1.82, 2.24) is 19.9 Å². The minimum absolute atomic E-state index is 0.121. The van der Waals surface area contributed by atoms with Gasteiger partial charge in [0.15, 0.2) is 5.11 Å². The maximum atomic E-state index is 6.97. The van der Waals surface area contributed by atoms with Gasteiger partial charge in [0.05, 0.1) is 28.5 Å². The van der Waals surface area contributed by atoms with Gasteiger partial charge in [0.1, 0.15) is 5.82 Å². The van der Waals surface area contributed by atoms with Gasteiger partial charge >= 0.3 is 0 Å². The Morgan fingerprint density at radius 3 is 2.42 bits per heavy atom. The highest BCUT2D eigenvalue weighted by Gasteiger charge is 2.42. The fourth-order valence-electron chi connectivity index (χ4n) is 6.23. The van der Waals surface area contributed by atoms with Crippen molar-refractivity contribution in [3.05, 3.63) is 100 Å². The molecule has 0 bridgehead atoms. The molecule has 4 aromatic rings. The number of anilines is 2. The van der Waals surface area contributed by atoms with Crippen LogP contribution in [0.2, 0.25) is 5.02 Å². The second kappa shape index (κ2) is 10.9. The van der Waals surface area contributed by atoms with E-state index in [1.807, 2.05) is 30.6 Å². The molecule has 0 spiro atoms. The molecule has 3 aromatic heterocycles. The standard InChI is InChI=1S/C32H35ClN6S/c1-20-12-16-37(17-13-20)28-11-10-24(19-26(28)33)39-30(29(36-32(39)40)27-9-5-6-14-34-27)25-18-22(3)38(23(25)4)31-21(2)8-7-15-35-31/h5-11,14-15,18-20,29-30H,12-13,16-17H2,1-4H3,(H,36,40)/t29-,30-/m0/s1. The Balaban J connectivity index is 1.45. The van der Waals surface area contributed by atoms with E-state index in [0.717, 1.165) is 63.9 Å². The largest absolute Gasteiger partial charge is 0.370 e. The molecular weight excluding hydrogens is 536 g/mol. The number of nitrogens with one attached hydrogen (secondary N) is 1. The predicted octanol–water partition coefficient (Wildman–Crippen LogP) is 7.26. The molecule has 0 radical (unpaired) electrons. The lowest BCUT2D eigenvalue weighted by Crippen LogP contribution is -2.33. The van der Waals surface area contributed by atoms with Gasteiger partial charge < -0.3 is 19.7 Å². The zero-order valence-corrected chi connectivity index (χ0v) is 25.0. The van der Waals surface area contributed by atoms with Gasteiger partial charge in [-0.25, -0.2) is 4.98 Å². The lowest BCUT2D eigenvalue weighted by atomic mass is 9.96. The average Bonchev–Trinajstić information content (AvgIpc) is 3.45. The van der Waals surface area contributed by atoms with Gasteiger partial charge in [0.25, 0.3) is 0 Å². The van der Waals surface area contributed by atoms with Crippen molar-refractivity contribution < 1.29 is 0 Å². The van der Waals surface area contributed by atoms with Gasteiger partial charge in [-0.1, -0.05) is 30.7 Å². The van der Waals surface area contributed by atoms with Crippen LogP contribution in [-0.4, -0.2) is 32.7 Å². The number of nitrogens with zero attached hydrogens (tertiary/aromatic N) is 5. The summed E-state index contributed by atoms with van der Waals surface area (Å²) in [5.41, 5.74) is 7.57. The quantitative estimate of drug-likeness (QED) is 0.255. The smallest absolute Gasteiger partial charge is 0.174 e. The molecule has 206 valence electrons. The van der Waals surface area contributed by atoms with Crippen molar-refractivity contribution >= 4 is 40.3 Å². The average molecular weight is 571 g/mol. The molecule has 6 nitrogen and oxygen atoms in total. The number of piperidine rings is 1. The van der Waals surface area contributed by atoms with E-state index in [2.05, 4.69) is 83.8 Å². The van der Waals surface area contributed by atoms with Crippen LogP contribution < -0.4 is 15.1 Å². The Hall–Kier alpha value is -3.42. The molecule has 2 aliphatic heterocycles. The van der Waals surface area contributed by atoms with Gasteiger partial charge in [-0.05, 0) is 105 Å². The number of aromatic nitrogens is 3. The molecule has 40 heavy (non-hydrogen) atoms. The lowest BCUT2D eigenvalue weighted by Gasteiger charge is -2.33. The molecule has 2 fully saturated rings. The summed E-state index contributed by atoms with van der Waals surface area (Å²) in [4.78, 5) is 14.1. The third-order valence-electron chi connectivity index (χ3n) is 8.41. The summed E-state index contributed by atoms with van der Waals surface area (Å²) in [5.74, 6) is 1.71. The Morgan fingerprint density at radius 2 is 1.73 bits per heavy atom. The fourth-order valence-corrected chi connectivity index (χ4v) is 6.87. The van der Waals surface area contributed by atoms with Gasteiger partial charge in [0, 0.05) is 42.6 Å². The summed E-state index contributed by atoms with van der Waals surface area (Å²) in [5, 5.41) is 5.01. The second-order valence-corrected chi connectivity index (χ2v) is 11.9. The normalized spacial score (nSPS) is 19.8. The Morgan fingerprint density at radius 1 is 0.950 bits per heavy atom. The van der Waals surface area contributed by atoms with Crippen LogP contribution in [0, 0.1) is 26.7 Å². The fraction of sp³-hybridized carbons (Fsp3) is 0.344. The lowest BCUT2D eigenvalue weighted by molar-refractivity contribution is 0.438. The highest BCUT2D eigenvalue weighted by molar-refractivity contribution is 7.80. The molecule has 0 saturated carbocycles. The van der Waals surface area contributed by atoms with E-state index in [-0.39, 0.29) is 12.1 Å². The van der Waals surface area contributed by atoms with E-state index < -0.39 is 0 Å².